The van der Waals surface area contributed by atoms with Gasteiger partial charge in [0.2, 0.25) is 0 Å². The van der Waals surface area contributed by atoms with E-state index < -0.39 is 10.9 Å². The number of ether oxygens (including phenoxy) is 1. The summed E-state index contributed by atoms with van der Waals surface area (Å²) in [6.07, 6.45) is 5.41. The monoisotopic (exact) mass is 479 g/mol. The van der Waals surface area contributed by atoms with Crippen LogP contribution in [0.2, 0.25) is 5.02 Å². The van der Waals surface area contributed by atoms with Gasteiger partial charge in [0.15, 0.2) is 0 Å². The molecule has 0 amide bonds. The standard InChI is InChI=1S/C25H30ClNO2S.ClH/c1-2-25(27)21(16-28)10-6-9-20-11-12-23(15-24(20)26)30-14-13-22(18-30)29-17-19-7-4-3-5-8-19;/h3-5,7-8,11-15,18,28,30H,2,6,9-10,16-17,27H2,1H3;1H. The zero-order chi connectivity index (χ0) is 21.3. The molecule has 0 radical (unpaired) electrons. The Bertz CT molecular complexity index is 942. The second-order valence-corrected chi connectivity index (χ2v) is 9.59. The highest BCUT2D eigenvalue weighted by atomic mass is 35.5. The Labute approximate surface area is 199 Å². The van der Waals surface area contributed by atoms with Gasteiger partial charge >= 0.3 is 0 Å². The molecule has 6 heteroatoms. The van der Waals surface area contributed by atoms with Crippen LogP contribution < -0.4 is 5.73 Å². The summed E-state index contributed by atoms with van der Waals surface area (Å²) in [5.41, 5.74) is 10.0. The Hall–Kier alpha value is -1.85. The summed E-state index contributed by atoms with van der Waals surface area (Å²) in [6, 6.07) is 16.5. The number of hydrogen-bond acceptors (Lipinski definition) is 3. The molecule has 0 aliphatic carbocycles. The van der Waals surface area contributed by atoms with Crippen molar-refractivity contribution in [2.75, 3.05) is 6.61 Å². The molecule has 1 aliphatic rings. The first-order valence-corrected chi connectivity index (χ1v) is 12.2. The van der Waals surface area contributed by atoms with Gasteiger partial charge < -0.3 is 15.6 Å². The van der Waals surface area contributed by atoms with E-state index in [9.17, 15) is 5.11 Å². The van der Waals surface area contributed by atoms with Crippen LogP contribution in [0.25, 0.3) is 0 Å². The van der Waals surface area contributed by atoms with Gasteiger partial charge in [-0.1, -0.05) is 54.9 Å². The van der Waals surface area contributed by atoms with Crippen LogP contribution in [-0.4, -0.2) is 11.7 Å². The van der Waals surface area contributed by atoms with E-state index in [-0.39, 0.29) is 19.0 Å². The molecule has 0 spiro atoms. The molecule has 1 aliphatic heterocycles. The van der Waals surface area contributed by atoms with Crippen LogP contribution in [0.4, 0.5) is 0 Å². The Balaban J connectivity index is 0.00000341. The molecule has 0 bridgehead atoms. The minimum atomic E-state index is -0.534. The number of nitrogens with two attached hydrogens (primary N) is 1. The lowest BCUT2D eigenvalue weighted by Crippen LogP contribution is -2.05. The fourth-order valence-corrected chi connectivity index (χ4v) is 5.37. The molecular weight excluding hydrogens is 449 g/mol. The topological polar surface area (TPSA) is 55.5 Å². The summed E-state index contributed by atoms with van der Waals surface area (Å²) in [5.74, 6) is 0.919. The molecule has 31 heavy (non-hydrogen) atoms. The molecule has 0 aromatic heterocycles. The van der Waals surface area contributed by atoms with Gasteiger partial charge in [0.1, 0.15) is 12.4 Å². The predicted octanol–water partition coefficient (Wildman–Crippen LogP) is 6.65. The van der Waals surface area contributed by atoms with Gasteiger partial charge in [-0.05, 0) is 70.9 Å². The maximum Gasteiger partial charge on any atom is 0.125 e. The first kappa shape index (κ1) is 25.4. The molecular formula is C25H31Cl2NO2S. The summed E-state index contributed by atoms with van der Waals surface area (Å²) < 4.78 is 5.93. The number of hydrogen-bond donors (Lipinski definition) is 3. The summed E-state index contributed by atoms with van der Waals surface area (Å²) in [6.45, 7) is 2.61. The summed E-state index contributed by atoms with van der Waals surface area (Å²) in [4.78, 5) is 1.22. The average molecular weight is 481 g/mol. The van der Waals surface area contributed by atoms with Gasteiger partial charge in [0, 0.05) is 16.1 Å². The normalized spacial score (nSPS) is 17.0. The third-order valence-corrected chi connectivity index (χ3v) is 7.43. The van der Waals surface area contributed by atoms with E-state index in [1.54, 1.807) is 0 Å². The number of aliphatic hydroxyl groups excluding tert-OH is 1. The quantitative estimate of drug-likeness (QED) is 0.334. The van der Waals surface area contributed by atoms with Crippen molar-refractivity contribution >= 4 is 34.9 Å². The smallest absolute Gasteiger partial charge is 0.125 e. The molecule has 1 atom stereocenters. The van der Waals surface area contributed by atoms with Gasteiger partial charge in [0.05, 0.1) is 6.61 Å². The predicted molar refractivity (Wildman–Crippen MR) is 136 cm³/mol. The Morgan fingerprint density at radius 3 is 2.61 bits per heavy atom. The molecule has 2 aromatic carbocycles. The van der Waals surface area contributed by atoms with E-state index in [4.69, 9.17) is 22.1 Å². The number of benzene rings is 2. The van der Waals surface area contributed by atoms with Crippen LogP contribution in [0.3, 0.4) is 0 Å². The zero-order valence-corrected chi connectivity index (χ0v) is 20.2. The van der Waals surface area contributed by atoms with Crippen LogP contribution in [0.5, 0.6) is 0 Å². The maximum atomic E-state index is 9.48. The molecule has 0 saturated heterocycles. The largest absolute Gasteiger partial charge is 0.488 e. The third kappa shape index (κ3) is 7.36. The Morgan fingerprint density at radius 2 is 1.94 bits per heavy atom. The highest BCUT2D eigenvalue weighted by Crippen LogP contribution is 2.45. The molecule has 0 fully saturated rings. The summed E-state index contributed by atoms with van der Waals surface area (Å²) >= 11 is 6.57. The van der Waals surface area contributed by atoms with Crippen molar-refractivity contribution in [3.8, 4) is 0 Å². The van der Waals surface area contributed by atoms with Crippen molar-refractivity contribution < 1.29 is 9.84 Å². The fourth-order valence-electron chi connectivity index (χ4n) is 3.35. The van der Waals surface area contributed by atoms with E-state index in [1.165, 1.54) is 4.90 Å². The number of rotatable bonds is 10. The minimum Gasteiger partial charge on any atom is -0.488 e. The highest BCUT2D eigenvalue weighted by molar-refractivity contribution is 8.22. The summed E-state index contributed by atoms with van der Waals surface area (Å²) in [7, 11) is -0.534. The van der Waals surface area contributed by atoms with Crippen LogP contribution in [0, 0.1) is 0 Å². The molecule has 1 heterocycles. The number of aliphatic hydroxyl groups is 1. The molecule has 0 saturated carbocycles. The number of aryl methyl sites for hydroxylation is 1. The highest BCUT2D eigenvalue weighted by Gasteiger charge is 2.12. The molecule has 168 valence electrons. The summed E-state index contributed by atoms with van der Waals surface area (Å²) in [5, 5.41) is 14.7. The van der Waals surface area contributed by atoms with Crippen molar-refractivity contribution in [3.05, 3.63) is 98.6 Å². The SMILES string of the molecule is CCC(N)=C(CO)CCCc1ccc([SH]2C=CC(OCc3ccccc3)=C2)cc1Cl.Cl. The van der Waals surface area contributed by atoms with Gasteiger partial charge in [-0.25, -0.2) is 0 Å². The number of halogens is 2. The van der Waals surface area contributed by atoms with E-state index in [1.807, 2.05) is 25.1 Å². The van der Waals surface area contributed by atoms with Crippen LogP contribution in [0.15, 0.2) is 87.3 Å². The van der Waals surface area contributed by atoms with Crippen molar-refractivity contribution in [2.45, 2.75) is 44.1 Å². The third-order valence-electron chi connectivity index (χ3n) is 5.20. The Kier molecular flexibility index (Phi) is 10.6. The van der Waals surface area contributed by atoms with Crippen LogP contribution in [-0.2, 0) is 17.8 Å². The Morgan fingerprint density at radius 1 is 1.16 bits per heavy atom. The second-order valence-electron chi connectivity index (χ2n) is 7.30. The first-order chi connectivity index (χ1) is 14.6. The maximum absolute atomic E-state index is 9.48. The zero-order valence-electron chi connectivity index (χ0n) is 17.8. The van der Waals surface area contributed by atoms with Gasteiger partial charge in [-0.15, -0.1) is 12.4 Å². The number of allylic oxidation sites excluding steroid dienone is 2. The van der Waals surface area contributed by atoms with E-state index in [0.717, 1.165) is 58.9 Å². The van der Waals surface area contributed by atoms with Crippen LogP contribution in [0.1, 0.15) is 37.3 Å². The van der Waals surface area contributed by atoms with Gasteiger partial charge in [-0.2, -0.15) is 10.9 Å². The molecule has 3 rings (SSSR count). The van der Waals surface area contributed by atoms with Gasteiger partial charge in [-0.3, -0.25) is 0 Å². The van der Waals surface area contributed by atoms with Crippen molar-refractivity contribution in [1.82, 2.24) is 0 Å². The van der Waals surface area contributed by atoms with E-state index in [0.29, 0.717) is 6.61 Å². The lowest BCUT2D eigenvalue weighted by atomic mass is 10.0. The van der Waals surface area contributed by atoms with Crippen molar-refractivity contribution in [2.24, 2.45) is 5.73 Å². The minimum absolute atomic E-state index is 0. The van der Waals surface area contributed by atoms with Crippen molar-refractivity contribution in [1.29, 1.82) is 0 Å². The second kappa shape index (κ2) is 12.9. The average Bonchev–Trinajstić information content (AvgIpc) is 3.25. The lowest BCUT2D eigenvalue weighted by molar-refractivity contribution is 0.212. The molecule has 3 nitrogen and oxygen atoms in total. The van der Waals surface area contributed by atoms with E-state index >= 15 is 0 Å². The lowest BCUT2D eigenvalue weighted by Gasteiger charge is -2.13. The van der Waals surface area contributed by atoms with Gasteiger partial charge in [0.25, 0.3) is 0 Å². The molecule has 3 N–H and O–H groups in total. The van der Waals surface area contributed by atoms with E-state index in [2.05, 4.69) is 47.2 Å². The van der Waals surface area contributed by atoms with Crippen LogP contribution >= 0.6 is 34.9 Å². The molecule has 1 unspecified atom stereocenters. The first-order valence-electron chi connectivity index (χ1n) is 10.3. The fraction of sp³-hybridized carbons (Fsp3) is 0.280. The number of thiol groups is 1. The molecule has 2 aromatic rings. The van der Waals surface area contributed by atoms with Crippen molar-refractivity contribution in [3.63, 3.8) is 0 Å².